The molecule has 0 atom stereocenters. The zero-order chi connectivity index (χ0) is 38.4. The van der Waals surface area contributed by atoms with E-state index in [1.807, 2.05) is 149 Å². The van der Waals surface area contributed by atoms with E-state index in [4.69, 9.17) is 20.0 Å². The lowest BCUT2D eigenvalue weighted by atomic mass is 10.1. The first-order chi connectivity index (χ1) is 26.5. The first-order valence-corrected chi connectivity index (χ1v) is 19.1. The second kappa shape index (κ2) is 22.9. The molecule has 0 spiro atoms. The van der Waals surface area contributed by atoms with Gasteiger partial charge in [0.25, 0.3) is 0 Å². The van der Waals surface area contributed by atoms with Gasteiger partial charge in [-0.05, 0) is 40.5 Å². The van der Waals surface area contributed by atoms with Crippen LogP contribution in [0.15, 0.2) is 141 Å². The Morgan fingerprint density at radius 1 is 0.444 bits per heavy atom. The maximum Gasteiger partial charge on any atom is 0.323 e. The Morgan fingerprint density at radius 2 is 0.741 bits per heavy atom. The number of amidine groups is 4. The molecule has 54 heavy (non-hydrogen) atoms. The van der Waals surface area contributed by atoms with Crippen molar-refractivity contribution in [1.29, 1.82) is 0 Å². The van der Waals surface area contributed by atoms with Crippen molar-refractivity contribution < 1.29 is 9.59 Å². The number of hydrogen-bond acceptors (Lipinski definition) is 4. The zero-order valence-electron chi connectivity index (χ0n) is 32.1. The standard InChI is InChI=1S/C44H54N8O2/c1-5-51(6-2)43(53)49-41(37-29-19-13-20-30-37)47-39(35-25-15-11-16-26-35)45-33-23-9-10-24-34-46-40(36-27-17-12-18-28-36)48-42(38-31-21-14-22-32-38)50-44(54)52(7-3)8-4/h11-22,25-32H,5-10,23-24,33-34H2,1-4H3,(H,45,47,49,53)(H,46,48,50,54). The fourth-order valence-electron chi connectivity index (χ4n) is 5.62. The number of rotatable bonds is 15. The first-order valence-electron chi connectivity index (χ1n) is 19.1. The van der Waals surface area contributed by atoms with Gasteiger partial charge in [-0.15, -0.1) is 0 Å². The van der Waals surface area contributed by atoms with Crippen LogP contribution in [0.3, 0.4) is 0 Å². The van der Waals surface area contributed by atoms with Gasteiger partial charge in [0.05, 0.1) is 0 Å². The van der Waals surface area contributed by atoms with Crippen LogP contribution < -0.4 is 10.6 Å². The quantitative estimate of drug-likeness (QED) is 0.0728. The largest absolute Gasteiger partial charge is 0.325 e. The zero-order valence-corrected chi connectivity index (χ0v) is 32.1. The number of unbranched alkanes of at least 4 members (excludes halogenated alkanes) is 3. The summed E-state index contributed by atoms with van der Waals surface area (Å²) in [5.41, 5.74) is 3.39. The summed E-state index contributed by atoms with van der Waals surface area (Å²) in [4.78, 5) is 49.3. The van der Waals surface area contributed by atoms with Crippen LogP contribution in [0.4, 0.5) is 9.59 Å². The molecule has 4 amide bonds. The summed E-state index contributed by atoms with van der Waals surface area (Å²) in [5, 5.41) is 6.07. The minimum Gasteiger partial charge on any atom is -0.325 e. The highest BCUT2D eigenvalue weighted by Crippen LogP contribution is 2.11. The van der Waals surface area contributed by atoms with Gasteiger partial charge < -0.3 is 9.80 Å². The predicted molar refractivity (Wildman–Crippen MR) is 223 cm³/mol. The number of urea groups is 2. The van der Waals surface area contributed by atoms with Gasteiger partial charge in [0.1, 0.15) is 11.7 Å². The van der Waals surface area contributed by atoms with Crippen LogP contribution in [-0.4, -0.2) is 84.5 Å². The molecule has 0 aliphatic rings. The number of aliphatic imine (C=N–C) groups is 4. The Morgan fingerprint density at radius 3 is 1.04 bits per heavy atom. The Hall–Kier alpha value is -5.90. The lowest BCUT2D eigenvalue weighted by Crippen LogP contribution is -2.43. The summed E-state index contributed by atoms with van der Waals surface area (Å²) >= 11 is 0. The van der Waals surface area contributed by atoms with Crippen molar-refractivity contribution in [3.05, 3.63) is 144 Å². The van der Waals surface area contributed by atoms with E-state index in [0.717, 1.165) is 47.9 Å². The van der Waals surface area contributed by atoms with Crippen LogP contribution in [0.5, 0.6) is 0 Å². The van der Waals surface area contributed by atoms with Crippen LogP contribution in [0.2, 0.25) is 0 Å². The van der Waals surface area contributed by atoms with Gasteiger partial charge in [0.15, 0.2) is 11.7 Å². The van der Waals surface area contributed by atoms with Gasteiger partial charge in [-0.2, -0.15) is 0 Å². The molecule has 0 aliphatic heterocycles. The minimum atomic E-state index is -0.195. The monoisotopic (exact) mass is 726 g/mol. The van der Waals surface area contributed by atoms with Gasteiger partial charge in [-0.1, -0.05) is 134 Å². The van der Waals surface area contributed by atoms with Crippen molar-refractivity contribution in [2.24, 2.45) is 20.0 Å². The van der Waals surface area contributed by atoms with Crippen molar-refractivity contribution in [3.8, 4) is 0 Å². The highest BCUT2D eigenvalue weighted by molar-refractivity contribution is 6.16. The summed E-state index contributed by atoms with van der Waals surface area (Å²) in [6, 6.07) is 38.7. The van der Waals surface area contributed by atoms with Gasteiger partial charge in [-0.3, -0.25) is 20.6 Å². The lowest BCUT2D eigenvalue weighted by Gasteiger charge is -2.20. The smallest absolute Gasteiger partial charge is 0.323 e. The Balaban J connectivity index is 1.46. The van der Waals surface area contributed by atoms with E-state index in [9.17, 15) is 9.59 Å². The van der Waals surface area contributed by atoms with Crippen LogP contribution >= 0.6 is 0 Å². The van der Waals surface area contributed by atoms with Gasteiger partial charge in [0.2, 0.25) is 0 Å². The number of carbonyl (C=O) groups is 2. The summed E-state index contributed by atoms with van der Waals surface area (Å²) in [6.45, 7) is 11.4. The van der Waals surface area contributed by atoms with E-state index in [2.05, 4.69) is 10.6 Å². The molecule has 2 N–H and O–H groups in total. The molecule has 0 radical (unpaired) electrons. The average molecular weight is 727 g/mol. The molecule has 4 aromatic carbocycles. The van der Waals surface area contributed by atoms with Crippen molar-refractivity contribution in [1.82, 2.24) is 20.4 Å². The second-order valence-electron chi connectivity index (χ2n) is 12.4. The Kier molecular flexibility index (Phi) is 17.3. The summed E-state index contributed by atoms with van der Waals surface area (Å²) in [7, 11) is 0. The SMILES string of the molecule is CCN(CC)C(=O)NC(=NC(=NCCCCCCN=C(N=C(NC(=O)N(CC)CC)c1ccccc1)c1ccccc1)c1ccccc1)c1ccccc1. The molecule has 4 aromatic rings. The average Bonchev–Trinajstić information content (AvgIpc) is 3.22. The van der Waals surface area contributed by atoms with E-state index in [1.54, 1.807) is 9.80 Å². The number of nitrogens with one attached hydrogen (secondary N) is 2. The fraction of sp³-hybridized carbons (Fsp3) is 0.318. The Bertz CT molecular complexity index is 1700. The fourth-order valence-corrected chi connectivity index (χ4v) is 5.62. The molecule has 0 unspecified atom stereocenters. The minimum absolute atomic E-state index is 0.195. The number of hydrogen-bond donors (Lipinski definition) is 2. The highest BCUT2D eigenvalue weighted by Gasteiger charge is 2.16. The first kappa shape index (κ1) is 40.9. The van der Waals surface area contributed by atoms with Gasteiger partial charge in [0, 0.05) is 61.5 Å². The third-order valence-electron chi connectivity index (χ3n) is 8.74. The number of benzene rings is 4. The van der Waals surface area contributed by atoms with Crippen LogP contribution in [0.1, 0.15) is 75.6 Å². The Labute approximate surface area is 320 Å². The third-order valence-corrected chi connectivity index (χ3v) is 8.74. The van der Waals surface area contributed by atoms with Crippen LogP contribution in [-0.2, 0) is 0 Å². The molecule has 0 bridgehead atoms. The molecule has 0 aromatic heterocycles. The van der Waals surface area contributed by atoms with Crippen molar-refractivity contribution in [2.75, 3.05) is 39.3 Å². The molecular formula is C44H54N8O2. The maximum atomic E-state index is 13.1. The van der Waals surface area contributed by atoms with Crippen molar-refractivity contribution >= 4 is 35.4 Å². The molecule has 0 heterocycles. The van der Waals surface area contributed by atoms with Crippen molar-refractivity contribution in [3.63, 3.8) is 0 Å². The molecule has 0 saturated carbocycles. The van der Waals surface area contributed by atoms with E-state index >= 15 is 0 Å². The normalized spacial score (nSPS) is 12.3. The number of amides is 4. The molecule has 4 rings (SSSR count). The van der Waals surface area contributed by atoms with E-state index in [-0.39, 0.29) is 12.1 Å². The second-order valence-corrected chi connectivity index (χ2v) is 12.4. The molecule has 10 heteroatoms. The van der Waals surface area contributed by atoms with Gasteiger partial charge in [-0.25, -0.2) is 19.6 Å². The topological polar surface area (TPSA) is 114 Å². The molecule has 10 nitrogen and oxygen atoms in total. The number of carbonyl (C=O) groups excluding carboxylic acids is 2. The molecule has 0 fully saturated rings. The van der Waals surface area contributed by atoms with Crippen LogP contribution in [0.25, 0.3) is 0 Å². The number of nitrogens with zero attached hydrogens (tertiary/aromatic N) is 6. The summed E-state index contributed by atoms with van der Waals surface area (Å²) in [5.74, 6) is 2.08. The molecule has 0 aliphatic carbocycles. The predicted octanol–water partition coefficient (Wildman–Crippen LogP) is 8.44. The molecule has 282 valence electrons. The summed E-state index contributed by atoms with van der Waals surface area (Å²) < 4.78 is 0. The summed E-state index contributed by atoms with van der Waals surface area (Å²) in [6.07, 6.45) is 3.69. The lowest BCUT2D eigenvalue weighted by molar-refractivity contribution is 0.207. The third kappa shape index (κ3) is 12.9. The van der Waals surface area contributed by atoms with Crippen molar-refractivity contribution in [2.45, 2.75) is 53.4 Å². The van der Waals surface area contributed by atoms with E-state index < -0.39 is 0 Å². The maximum absolute atomic E-state index is 13.1. The highest BCUT2D eigenvalue weighted by atomic mass is 16.2. The van der Waals surface area contributed by atoms with E-state index in [0.29, 0.717) is 62.6 Å². The molecule has 0 saturated heterocycles. The van der Waals surface area contributed by atoms with Gasteiger partial charge >= 0.3 is 12.1 Å². The van der Waals surface area contributed by atoms with Crippen LogP contribution in [0, 0.1) is 0 Å². The molecular weight excluding hydrogens is 673 g/mol. The van der Waals surface area contributed by atoms with E-state index in [1.165, 1.54) is 0 Å².